The van der Waals surface area contributed by atoms with Crippen molar-refractivity contribution in [3.8, 4) is 28.8 Å². The number of hydrogen-bond acceptors (Lipinski definition) is 7. The van der Waals surface area contributed by atoms with E-state index in [1.165, 1.54) is 12.1 Å². The van der Waals surface area contributed by atoms with Crippen molar-refractivity contribution in [2.24, 2.45) is 0 Å². The molecule has 11 heteroatoms. The average molecular weight is 685 g/mol. The van der Waals surface area contributed by atoms with Crippen molar-refractivity contribution in [3.63, 3.8) is 0 Å². The molecule has 1 unspecified atom stereocenters. The number of carbonyl (C=O) groups excluding carboxylic acids is 2. The summed E-state index contributed by atoms with van der Waals surface area (Å²) >= 11 is 0. The Hall–Kier alpha value is -6.12. The third-order valence-corrected chi connectivity index (χ3v) is 10.4. The molecule has 9 nitrogen and oxygen atoms in total. The highest BCUT2D eigenvalue weighted by Crippen LogP contribution is 2.38. The number of nitrogens with zero attached hydrogens (tertiary/aromatic N) is 4. The van der Waals surface area contributed by atoms with Crippen molar-refractivity contribution < 1.29 is 27.1 Å². The molecule has 1 fully saturated rings. The first-order chi connectivity index (χ1) is 24.2. The molecule has 1 atom stereocenters. The van der Waals surface area contributed by atoms with Crippen LogP contribution in [0.5, 0.6) is 5.75 Å². The fraction of sp³-hybridized carbons (Fsp3) is 0.128. The maximum absolute atomic E-state index is 14.4. The van der Waals surface area contributed by atoms with Crippen LogP contribution < -0.4 is 4.74 Å². The SMILES string of the molecule is N#CC1=C(c2ccccc2)/C(=C/c2cn(-c3ccccc3)nc2-c2ccc(OCc3ccc(F)cc3)cc2)C(=O)N(C2CCS(=O)(=O)C2)C1=O. The van der Waals surface area contributed by atoms with Crippen LogP contribution in [0.15, 0.2) is 127 Å². The zero-order valence-corrected chi connectivity index (χ0v) is 27.4. The quantitative estimate of drug-likeness (QED) is 0.141. The minimum atomic E-state index is -3.46. The van der Waals surface area contributed by atoms with Gasteiger partial charge in [0.05, 0.1) is 34.5 Å². The normalized spacial score (nSPS) is 18.0. The van der Waals surface area contributed by atoms with E-state index < -0.39 is 27.7 Å². The lowest BCUT2D eigenvalue weighted by Gasteiger charge is -2.32. The predicted molar refractivity (Wildman–Crippen MR) is 186 cm³/mol. The van der Waals surface area contributed by atoms with Gasteiger partial charge in [-0.15, -0.1) is 0 Å². The Kier molecular flexibility index (Phi) is 8.70. The predicted octanol–water partition coefficient (Wildman–Crippen LogP) is 6.17. The van der Waals surface area contributed by atoms with Crippen LogP contribution >= 0.6 is 0 Å². The largest absolute Gasteiger partial charge is 0.489 e. The monoisotopic (exact) mass is 684 g/mol. The van der Waals surface area contributed by atoms with Crippen molar-refractivity contribution in [1.82, 2.24) is 14.7 Å². The van der Waals surface area contributed by atoms with E-state index in [-0.39, 0.29) is 47.1 Å². The highest BCUT2D eigenvalue weighted by Gasteiger charge is 2.45. The summed E-state index contributed by atoms with van der Waals surface area (Å²) in [4.78, 5) is 29.1. The Morgan fingerprint density at radius 3 is 2.20 bits per heavy atom. The molecule has 0 N–H and O–H groups in total. The van der Waals surface area contributed by atoms with Crippen LogP contribution in [0.2, 0.25) is 0 Å². The fourth-order valence-corrected chi connectivity index (χ4v) is 7.89. The summed E-state index contributed by atoms with van der Waals surface area (Å²) in [5.41, 5.74) is 3.80. The van der Waals surface area contributed by atoms with E-state index in [0.29, 0.717) is 28.1 Å². The first-order valence-corrected chi connectivity index (χ1v) is 17.7. The van der Waals surface area contributed by atoms with Gasteiger partial charge >= 0.3 is 0 Å². The second-order valence-electron chi connectivity index (χ2n) is 12.0. The molecule has 3 heterocycles. The lowest BCUT2D eigenvalue weighted by atomic mass is 9.86. The summed E-state index contributed by atoms with van der Waals surface area (Å²) in [6, 6.07) is 32.5. The molecule has 0 radical (unpaired) electrons. The molecule has 50 heavy (non-hydrogen) atoms. The van der Waals surface area contributed by atoms with Gasteiger partial charge in [0.2, 0.25) is 0 Å². The Morgan fingerprint density at radius 2 is 1.56 bits per heavy atom. The summed E-state index contributed by atoms with van der Waals surface area (Å²) < 4.78 is 45.8. The number of halogens is 1. The summed E-state index contributed by atoms with van der Waals surface area (Å²) in [5.74, 6) is -1.75. The summed E-state index contributed by atoms with van der Waals surface area (Å²) in [5, 5.41) is 15.2. The summed E-state index contributed by atoms with van der Waals surface area (Å²) in [6.45, 7) is 0.245. The molecule has 4 aromatic carbocycles. The zero-order valence-electron chi connectivity index (χ0n) is 26.6. The van der Waals surface area contributed by atoms with Gasteiger partial charge in [0, 0.05) is 22.9 Å². The number of aromatic nitrogens is 2. The number of rotatable bonds is 8. The van der Waals surface area contributed by atoms with E-state index in [0.717, 1.165) is 16.2 Å². The molecule has 248 valence electrons. The molecule has 2 aliphatic rings. The fourth-order valence-electron chi connectivity index (χ4n) is 6.19. The van der Waals surface area contributed by atoms with Crippen molar-refractivity contribution in [2.45, 2.75) is 19.1 Å². The molecule has 2 aliphatic heterocycles. The van der Waals surface area contributed by atoms with Gasteiger partial charge in [-0.2, -0.15) is 10.4 Å². The first kappa shape index (κ1) is 32.4. The maximum atomic E-state index is 14.4. The molecule has 0 spiro atoms. The molecule has 0 aliphatic carbocycles. The Morgan fingerprint density at radius 1 is 0.880 bits per heavy atom. The third kappa shape index (κ3) is 6.49. The third-order valence-electron chi connectivity index (χ3n) is 8.66. The minimum Gasteiger partial charge on any atom is -0.489 e. The number of sulfone groups is 1. The van der Waals surface area contributed by atoms with Gasteiger partial charge in [0.25, 0.3) is 11.8 Å². The van der Waals surface area contributed by atoms with E-state index in [2.05, 4.69) is 0 Å². The number of imide groups is 1. The van der Waals surface area contributed by atoms with Crippen molar-refractivity contribution in [1.29, 1.82) is 5.26 Å². The van der Waals surface area contributed by atoms with Gasteiger partial charge in [-0.1, -0.05) is 60.7 Å². The van der Waals surface area contributed by atoms with Crippen LogP contribution in [0.25, 0.3) is 28.6 Å². The smallest absolute Gasteiger partial charge is 0.272 e. The average Bonchev–Trinajstić information content (AvgIpc) is 3.72. The number of amides is 2. The molecule has 0 bridgehead atoms. The first-order valence-electron chi connectivity index (χ1n) is 15.8. The molecular weight excluding hydrogens is 656 g/mol. The second-order valence-corrected chi connectivity index (χ2v) is 14.2. The summed E-state index contributed by atoms with van der Waals surface area (Å²) in [7, 11) is -3.46. The van der Waals surface area contributed by atoms with E-state index in [9.17, 15) is 27.7 Å². The van der Waals surface area contributed by atoms with E-state index in [1.54, 1.807) is 71.6 Å². The molecule has 5 aromatic rings. The maximum Gasteiger partial charge on any atom is 0.272 e. The lowest BCUT2D eigenvalue weighted by molar-refractivity contribution is -0.142. The Balaban J connectivity index is 1.34. The van der Waals surface area contributed by atoms with Crippen LogP contribution in [-0.4, -0.2) is 52.5 Å². The standard InChI is InChI=1S/C39H29FN4O5S/c40-30-15-11-26(12-16-30)24-49-33-17-13-28(14-18-33)37-29(23-43(42-37)31-9-5-2-6-10-31)21-34-36(27-7-3-1-4-8-27)35(22-41)39(46)44(38(34)45)32-19-20-50(47,48)25-32/h1-18,21,23,32H,19-20,24-25H2/b34-21-. The molecule has 0 saturated carbocycles. The molecule has 7 rings (SSSR count). The van der Waals surface area contributed by atoms with Crippen molar-refractivity contribution in [2.75, 3.05) is 11.5 Å². The van der Waals surface area contributed by atoms with E-state index in [1.807, 2.05) is 48.5 Å². The van der Waals surface area contributed by atoms with Crippen LogP contribution in [0.3, 0.4) is 0 Å². The van der Waals surface area contributed by atoms with Gasteiger partial charge in [0.15, 0.2) is 9.84 Å². The number of para-hydroxylation sites is 1. The van der Waals surface area contributed by atoms with Gasteiger partial charge in [0.1, 0.15) is 29.8 Å². The van der Waals surface area contributed by atoms with Crippen molar-refractivity contribution >= 4 is 33.3 Å². The van der Waals surface area contributed by atoms with Crippen LogP contribution in [0, 0.1) is 17.1 Å². The minimum absolute atomic E-state index is 0.0739. The van der Waals surface area contributed by atoms with Crippen LogP contribution in [-0.2, 0) is 26.0 Å². The van der Waals surface area contributed by atoms with E-state index >= 15 is 0 Å². The zero-order chi connectivity index (χ0) is 34.8. The highest BCUT2D eigenvalue weighted by molar-refractivity contribution is 7.91. The topological polar surface area (TPSA) is 122 Å². The Bertz CT molecular complexity index is 2310. The van der Waals surface area contributed by atoms with Crippen molar-refractivity contribution in [3.05, 3.63) is 149 Å². The molecule has 1 aromatic heterocycles. The number of hydrogen-bond donors (Lipinski definition) is 0. The number of nitriles is 1. The van der Waals surface area contributed by atoms with Gasteiger partial charge in [-0.3, -0.25) is 14.5 Å². The lowest BCUT2D eigenvalue weighted by Crippen LogP contribution is -2.49. The molecule has 2 amide bonds. The van der Waals surface area contributed by atoms with Crippen LogP contribution in [0.4, 0.5) is 4.39 Å². The van der Waals surface area contributed by atoms with Gasteiger partial charge in [-0.25, -0.2) is 17.5 Å². The molecule has 1 saturated heterocycles. The number of carbonyl (C=O) groups is 2. The van der Waals surface area contributed by atoms with Gasteiger partial charge < -0.3 is 4.74 Å². The van der Waals surface area contributed by atoms with Gasteiger partial charge in [-0.05, 0) is 72.2 Å². The van der Waals surface area contributed by atoms with Crippen LogP contribution in [0.1, 0.15) is 23.1 Å². The molecular formula is C39H29FN4O5S. The number of ether oxygens (including phenoxy) is 1. The number of benzene rings is 4. The van der Waals surface area contributed by atoms with E-state index in [4.69, 9.17) is 9.84 Å². The highest BCUT2D eigenvalue weighted by atomic mass is 32.2. The Labute approximate surface area is 288 Å². The second kappa shape index (κ2) is 13.4. The summed E-state index contributed by atoms with van der Waals surface area (Å²) in [6.07, 6.45) is 3.48.